The second-order valence-corrected chi connectivity index (χ2v) is 7.35. The molecule has 0 aliphatic carbocycles. The minimum atomic E-state index is 0.641. The van der Waals surface area contributed by atoms with Crippen molar-refractivity contribution in [2.75, 3.05) is 0 Å². The fourth-order valence-corrected chi connectivity index (χ4v) is 3.98. The normalized spacial score (nSPS) is 10.9. The summed E-state index contributed by atoms with van der Waals surface area (Å²) in [6.45, 7) is 0.686. The van der Waals surface area contributed by atoms with Crippen LogP contribution in [0.25, 0.3) is 0 Å². The largest absolute Gasteiger partial charge is 0.330 e. The molecule has 0 bridgehead atoms. The van der Waals surface area contributed by atoms with E-state index < -0.39 is 0 Å². The number of rotatable bonds is 5. The number of thioether (sulfide) groups is 1. The van der Waals surface area contributed by atoms with Crippen molar-refractivity contribution >= 4 is 46.6 Å². The van der Waals surface area contributed by atoms with Crippen LogP contribution in [0.5, 0.6) is 0 Å². The first-order chi connectivity index (χ1) is 11.1. The first kappa shape index (κ1) is 16.7. The minimum absolute atomic E-state index is 0.641. The van der Waals surface area contributed by atoms with E-state index in [0.717, 1.165) is 27.1 Å². The fraction of sp³-hybridized carbons (Fsp3) is 0.118. The van der Waals surface area contributed by atoms with Gasteiger partial charge in [0, 0.05) is 38.9 Å². The summed E-state index contributed by atoms with van der Waals surface area (Å²) < 4.78 is 2.10. The SMILES string of the molecule is Clc1cc(Cl)cc(Cn2ccnc2CSc2cccc(Cl)c2)c1. The molecule has 0 N–H and O–H groups in total. The lowest BCUT2D eigenvalue weighted by Gasteiger charge is -2.09. The third kappa shape index (κ3) is 4.67. The van der Waals surface area contributed by atoms with E-state index in [1.165, 1.54) is 0 Å². The Balaban J connectivity index is 1.72. The molecule has 0 radical (unpaired) electrons. The van der Waals surface area contributed by atoms with Crippen molar-refractivity contribution in [2.24, 2.45) is 0 Å². The van der Waals surface area contributed by atoms with Gasteiger partial charge in [-0.25, -0.2) is 4.98 Å². The van der Waals surface area contributed by atoms with Crippen LogP contribution in [0, 0.1) is 0 Å². The fourth-order valence-electron chi connectivity index (χ4n) is 2.23. The van der Waals surface area contributed by atoms with Gasteiger partial charge in [-0.2, -0.15) is 0 Å². The van der Waals surface area contributed by atoms with Gasteiger partial charge in [0.1, 0.15) is 5.82 Å². The molecule has 0 atom stereocenters. The van der Waals surface area contributed by atoms with Gasteiger partial charge in [0.15, 0.2) is 0 Å². The Morgan fingerprint density at radius 2 is 1.74 bits per heavy atom. The van der Waals surface area contributed by atoms with Crippen molar-refractivity contribution in [1.29, 1.82) is 0 Å². The molecule has 0 amide bonds. The van der Waals surface area contributed by atoms with Crippen LogP contribution in [-0.4, -0.2) is 9.55 Å². The van der Waals surface area contributed by atoms with Gasteiger partial charge in [0.2, 0.25) is 0 Å². The molecule has 3 aromatic rings. The molecule has 0 aliphatic heterocycles. The van der Waals surface area contributed by atoms with E-state index >= 15 is 0 Å². The summed E-state index contributed by atoms with van der Waals surface area (Å²) in [4.78, 5) is 5.56. The summed E-state index contributed by atoms with van der Waals surface area (Å²) in [5, 5.41) is 2.02. The highest BCUT2D eigenvalue weighted by atomic mass is 35.5. The first-order valence-corrected chi connectivity index (χ1v) is 9.05. The molecule has 3 rings (SSSR count). The number of hydrogen-bond donors (Lipinski definition) is 0. The zero-order valence-corrected chi connectivity index (χ0v) is 15.1. The van der Waals surface area contributed by atoms with Gasteiger partial charge in [0.05, 0.1) is 5.75 Å². The Morgan fingerprint density at radius 1 is 0.957 bits per heavy atom. The maximum atomic E-state index is 6.06. The maximum absolute atomic E-state index is 6.06. The number of hydrogen-bond acceptors (Lipinski definition) is 2. The minimum Gasteiger partial charge on any atom is -0.330 e. The Morgan fingerprint density at radius 3 is 2.48 bits per heavy atom. The Labute approximate surface area is 154 Å². The zero-order chi connectivity index (χ0) is 16.2. The van der Waals surface area contributed by atoms with Crippen LogP contribution in [0.1, 0.15) is 11.4 Å². The van der Waals surface area contributed by atoms with E-state index in [4.69, 9.17) is 34.8 Å². The molecule has 0 unspecified atom stereocenters. The molecule has 2 aromatic carbocycles. The molecule has 6 heteroatoms. The predicted molar refractivity (Wildman–Crippen MR) is 98.8 cm³/mol. The van der Waals surface area contributed by atoms with Gasteiger partial charge in [0.25, 0.3) is 0 Å². The van der Waals surface area contributed by atoms with Gasteiger partial charge in [-0.1, -0.05) is 40.9 Å². The van der Waals surface area contributed by atoms with Gasteiger partial charge in [-0.3, -0.25) is 0 Å². The summed E-state index contributed by atoms with van der Waals surface area (Å²) in [6.07, 6.45) is 3.77. The molecule has 0 saturated carbocycles. The zero-order valence-electron chi connectivity index (χ0n) is 12.0. The van der Waals surface area contributed by atoms with Crippen molar-refractivity contribution in [3.63, 3.8) is 0 Å². The van der Waals surface area contributed by atoms with E-state index in [9.17, 15) is 0 Å². The summed E-state index contributed by atoms with van der Waals surface area (Å²) in [5.74, 6) is 1.76. The van der Waals surface area contributed by atoms with Crippen LogP contribution in [0.4, 0.5) is 0 Å². The van der Waals surface area contributed by atoms with E-state index in [0.29, 0.717) is 16.6 Å². The molecule has 118 valence electrons. The first-order valence-electron chi connectivity index (χ1n) is 6.93. The molecule has 0 fully saturated rings. The lowest BCUT2D eigenvalue weighted by atomic mass is 10.2. The average Bonchev–Trinajstić information content (AvgIpc) is 2.91. The van der Waals surface area contributed by atoms with Crippen LogP contribution < -0.4 is 0 Å². The van der Waals surface area contributed by atoms with Crippen molar-refractivity contribution in [3.8, 4) is 0 Å². The second kappa shape index (κ2) is 7.63. The van der Waals surface area contributed by atoms with E-state index in [1.807, 2.05) is 42.6 Å². The van der Waals surface area contributed by atoms with E-state index in [1.54, 1.807) is 24.0 Å². The molecule has 1 heterocycles. The molecule has 0 aliphatic rings. The van der Waals surface area contributed by atoms with Gasteiger partial charge in [-0.15, -0.1) is 11.8 Å². The monoisotopic (exact) mass is 382 g/mol. The molecule has 0 spiro atoms. The highest BCUT2D eigenvalue weighted by molar-refractivity contribution is 7.98. The van der Waals surface area contributed by atoms with E-state index in [-0.39, 0.29) is 0 Å². The third-order valence-electron chi connectivity index (χ3n) is 3.24. The number of halogens is 3. The molecule has 0 saturated heterocycles. The average molecular weight is 384 g/mol. The van der Waals surface area contributed by atoms with Crippen LogP contribution in [0.15, 0.2) is 59.8 Å². The quantitative estimate of drug-likeness (QED) is 0.489. The predicted octanol–water partition coefficient (Wildman–Crippen LogP) is 6.18. The van der Waals surface area contributed by atoms with Crippen LogP contribution in [0.3, 0.4) is 0 Å². The number of imidazole rings is 1. The smallest absolute Gasteiger partial charge is 0.119 e. The highest BCUT2D eigenvalue weighted by Gasteiger charge is 2.06. The standard InChI is InChI=1S/C17H13Cl3N2S/c18-13-2-1-3-16(9-13)23-11-17-21-4-5-22(17)10-12-6-14(19)8-15(20)7-12/h1-9H,10-11H2. The summed E-state index contributed by atoms with van der Waals surface area (Å²) >= 11 is 19.8. The molecular weight excluding hydrogens is 371 g/mol. The van der Waals surface area contributed by atoms with E-state index in [2.05, 4.69) is 9.55 Å². The Kier molecular flexibility index (Phi) is 5.54. The van der Waals surface area contributed by atoms with Crippen LogP contribution >= 0.6 is 46.6 Å². The molecule has 2 nitrogen and oxygen atoms in total. The summed E-state index contributed by atoms with van der Waals surface area (Å²) in [6, 6.07) is 13.4. The number of benzene rings is 2. The molecular formula is C17H13Cl3N2S. The Hall–Kier alpha value is -1.13. The molecule has 1 aromatic heterocycles. The number of aromatic nitrogens is 2. The topological polar surface area (TPSA) is 17.8 Å². The van der Waals surface area contributed by atoms with Gasteiger partial charge in [-0.05, 0) is 42.0 Å². The van der Waals surface area contributed by atoms with Gasteiger partial charge < -0.3 is 4.57 Å². The van der Waals surface area contributed by atoms with Crippen molar-refractivity contribution in [3.05, 3.63) is 81.3 Å². The van der Waals surface area contributed by atoms with Crippen LogP contribution in [0.2, 0.25) is 15.1 Å². The summed E-state index contributed by atoms with van der Waals surface area (Å²) in [5.41, 5.74) is 1.05. The maximum Gasteiger partial charge on any atom is 0.119 e. The lowest BCUT2D eigenvalue weighted by molar-refractivity contribution is 0.756. The second-order valence-electron chi connectivity index (χ2n) is 5.00. The highest BCUT2D eigenvalue weighted by Crippen LogP contribution is 2.25. The lowest BCUT2D eigenvalue weighted by Crippen LogP contribution is -2.03. The van der Waals surface area contributed by atoms with Crippen molar-refractivity contribution < 1.29 is 0 Å². The third-order valence-corrected chi connectivity index (χ3v) is 4.90. The van der Waals surface area contributed by atoms with Crippen molar-refractivity contribution in [1.82, 2.24) is 9.55 Å². The molecule has 23 heavy (non-hydrogen) atoms. The number of nitrogens with zero attached hydrogens (tertiary/aromatic N) is 2. The summed E-state index contributed by atoms with van der Waals surface area (Å²) in [7, 11) is 0. The van der Waals surface area contributed by atoms with Crippen LogP contribution in [-0.2, 0) is 12.3 Å². The Bertz CT molecular complexity index is 797. The van der Waals surface area contributed by atoms with Gasteiger partial charge >= 0.3 is 0 Å². The van der Waals surface area contributed by atoms with Crippen molar-refractivity contribution in [2.45, 2.75) is 17.2 Å².